The average molecular weight is 534 g/mol. The van der Waals surface area contributed by atoms with Crippen molar-refractivity contribution in [1.29, 1.82) is 0 Å². The molecule has 0 atom stereocenters. The lowest BCUT2D eigenvalue weighted by atomic mass is 10.0. The number of para-hydroxylation sites is 1. The molecule has 0 N–H and O–H groups in total. The molecule has 9 aromatic rings. The third kappa shape index (κ3) is 2.91. The monoisotopic (exact) mass is 533 g/mol. The van der Waals surface area contributed by atoms with Gasteiger partial charge in [-0.05, 0) is 35.4 Å². The van der Waals surface area contributed by atoms with Crippen LogP contribution in [0.5, 0.6) is 0 Å². The number of thiophene rings is 2. The number of hydrogen-bond acceptors (Lipinski definition) is 4. The third-order valence-corrected chi connectivity index (χ3v) is 10.2. The summed E-state index contributed by atoms with van der Waals surface area (Å²) in [7, 11) is 0. The Kier molecular flexibility index (Phi) is 4.36. The van der Waals surface area contributed by atoms with E-state index in [9.17, 15) is 0 Å². The summed E-state index contributed by atoms with van der Waals surface area (Å²) in [5, 5.41) is 6.38. The van der Waals surface area contributed by atoms with E-state index in [2.05, 4.69) is 113 Å². The highest BCUT2D eigenvalue weighted by Crippen LogP contribution is 2.51. The van der Waals surface area contributed by atoms with Crippen LogP contribution in [0.2, 0.25) is 0 Å². The molecule has 0 aliphatic carbocycles. The smallest absolute Gasteiger partial charge is 0.116 e. The molecule has 0 bridgehead atoms. The predicted molar refractivity (Wildman–Crippen MR) is 168 cm³/mol. The van der Waals surface area contributed by atoms with Gasteiger partial charge >= 0.3 is 0 Å². The Bertz CT molecular complexity index is 2380. The molecule has 0 unspecified atom stereocenters. The molecule has 9 rings (SSSR count). The Hall–Kier alpha value is -4.58. The average Bonchev–Trinajstić information content (AvgIpc) is 3.67. The zero-order chi connectivity index (χ0) is 25.5. The summed E-state index contributed by atoms with van der Waals surface area (Å²) in [6.45, 7) is 0. The summed E-state index contributed by atoms with van der Waals surface area (Å²) < 4.78 is 7.53. The molecule has 0 aliphatic heterocycles. The van der Waals surface area contributed by atoms with Gasteiger partial charge in [0, 0.05) is 43.5 Å². The molecular formula is C34H19N3S2. The van der Waals surface area contributed by atoms with Crippen LogP contribution in [0.3, 0.4) is 0 Å². The van der Waals surface area contributed by atoms with Crippen molar-refractivity contribution in [3.63, 3.8) is 0 Å². The molecule has 182 valence electrons. The van der Waals surface area contributed by atoms with Gasteiger partial charge in [-0.1, -0.05) is 78.9 Å². The molecule has 0 radical (unpaired) electrons. The second kappa shape index (κ2) is 7.96. The van der Waals surface area contributed by atoms with E-state index >= 15 is 0 Å². The number of hydrogen-bond donors (Lipinski definition) is 0. The van der Waals surface area contributed by atoms with E-state index < -0.39 is 0 Å². The maximum atomic E-state index is 4.81. The molecule has 0 saturated carbocycles. The van der Waals surface area contributed by atoms with Crippen LogP contribution >= 0.6 is 22.7 Å². The van der Waals surface area contributed by atoms with E-state index in [4.69, 9.17) is 4.98 Å². The van der Waals surface area contributed by atoms with Crippen LogP contribution in [0.25, 0.3) is 79.1 Å². The predicted octanol–water partition coefficient (Wildman–Crippen LogP) is 9.98. The number of benzene rings is 5. The summed E-state index contributed by atoms with van der Waals surface area (Å²) in [6.07, 6.45) is 3.64. The van der Waals surface area contributed by atoms with Gasteiger partial charge in [0.15, 0.2) is 0 Å². The lowest BCUT2D eigenvalue weighted by molar-refractivity contribution is 1.19. The molecule has 0 fully saturated rings. The second-order valence-corrected chi connectivity index (χ2v) is 11.9. The first-order valence-electron chi connectivity index (χ1n) is 12.9. The summed E-state index contributed by atoms with van der Waals surface area (Å²) >= 11 is 3.69. The van der Waals surface area contributed by atoms with Gasteiger partial charge in [-0.25, -0.2) is 9.97 Å². The second-order valence-electron chi connectivity index (χ2n) is 9.83. The van der Waals surface area contributed by atoms with Crippen molar-refractivity contribution in [2.24, 2.45) is 0 Å². The van der Waals surface area contributed by atoms with Gasteiger partial charge in [0.25, 0.3) is 0 Å². The van der Waals surface area contributed by atoms with Crippen molar-refractivity contribution in [2.75, 3.05) is 0 Å². The normalized spacial score (nSPS) is 12.1. The van der Waals surface area contributed by atoms with Crippen molar-refractivity contribution >= 4 is 85.0 Å². The maximum Gasteiger partial charge on any atom is 0.116 e. The minimum absolute atomic E-state index is 1.04. The summed E-state index contributed by atoms with van der Waals surface area (Å²) in [5.74, 6) is 0. The zero-order valence-electron chi connectivity index (χ0n) is 20.6. The van der Waals surface area contributed by atoms with Gasteiger partial charge in [0.1, 0.15) is 6.33 Å². The Morgan fingerprint density at radius 1 is 0.564 bits per heavy atom. The van der Waals surface area contributed by atoms with Crippen LogP contribution in [0.1, 0.15) is 0 Å². The molecule has 39 heavy (non-hydrogen) atoms. The van der Waals surface area contributed by atoms with E-state index in [0.717, 1.165) is 15.9 Å². The van der Waals surface area contributed by atoms with E-state index in [-0.39, 0.29) is 0 Å². The highest BCUT2D eigenvalue weighted by molar-refractivity contribution is 7.33. The van der Waals surface area contributed by atoms with Gasteiger partial charge in [0.2, 0.25) is 0 Å². The molecule has 0 aliphatic rings. The lowest BCUT2D eigenvalue weighted by Gasteiger charge is -2.11. The zero-order valence-corrected chi connectivity index (χ0v) is 22.3. The summed E-state index contributed by atoms with van der Waals surface area (Å²) in [4.78, 5) is 9.17. The minimum atomic E-state index is 1.04. The first-order chi connectivity index (χ1) is 19.4. The van der Waals surface area contributed by atoms with Crippen molar-refractivity contribution in [3.05, 3.63) is 116 Å². The number of fused-ring (bicyclic) bond motifs is 12. The minimum Gasteiger partial charge on any atom is -0.309 e. The number of nitrogens with zero attached hydrogens (tertiary/aromatic N) is 3. The van der Waals surface area contributed by atoms with Gasteiger partial charge < -0.3 is 4.57 Å². The van der Waals surface area contributed by atoms with Gasteiger partial charge in [-0.2, -0.15) is 0 Å². The van der Waals surface area contributed by atoms with Crippen molar-refractivity contribution in [1.82, 2.24) is 14.5 Å². The molecule has 5 aromatic carbocycles. The van der Waals surface area contributed by atoms with E-state index in [1.807, 2.05) is 28.9 Å². The first-order valence-corrected chi connectivity index (χ1v) is 14.5. The fourth-order valence-electron chi connectivity index (χ4n) is 6.11. The third-order valence-electron chi connectivity index (χ3n) is 7.75. The Morgan fingerprint density at radius 3 is 2.13 bits per heavy atom. The van der Waals surface area contributed by atoms with Crippen LogP contribution < -0.4 is 0 Å². The standard InChI is InChI=1S/C34H19N3S2/c1-2-8-20(9-3-1)21-14-16-22(17-15-21)37-25-12-6-4-10-23(25)28-30-31-27(18-35-19-36-31)39-34(30)33-29(32(28)37)24-11-5-7-13-26(24)38-33/h1-19H. The van der Waals surface area contributed by atoms with Crippen LogP contribution in [0.15, 0.2) is 116 Å². The fourth-order valence-corrected chi connectivity index (χ4v) is 8.59. The van der Waals surface area contributed by atoms with Crippen LogP contribution in [-0.4, -0.2) is 14.5 Å². The molecule has 0 amide bonds. The van der Waals surface area contributed by atoms with Crippen LogP contribution in [0.4, 0.5) is 0 Å². The maximum absolute atomic E-state index is 4.81. The largest absolute Gasteiger partial charge is 0.309 e. The Balaban J connectivity index is 1.51. The van der Waals surface area contributed by atoms with Crippen molar-refractivity contribution < 1.29 is 0 Å². The van der Waals surface area contributed by atoms with Gasteiger partial charge in [-0.15, -0.1) is 22.7 Å². The molecule has 0 spiro atoms. The molecular weight excluding hydrogens is 515 g/mol. The summed E-state index contributed by atoms with van der Waals surface area (Å²) in [6, 6.07) is 37.2. The van der Waals surface area contributed by atoms with Gasteiger partial charge in [-0.3, -0.25) is 0 Å². The lowest BCUT2D eigenvalue weighted by Crippen LogP contribution is -1.94. The van der Waals surface area contributed by atoms with E-state index in [0.29, 0.717) is 0 Å². The van der Waals surface area contributed by atoms with E-state index in [1.54, 1.807) is 6.33 Å². The number of rotatable bonds is 2. The molecule has 4 heterocycles. The quantitative estimate of drug-likeness (QED) is 0.221. The molecule has 0 saturated heterocycles. The molecule has 5 heteroatoms. The molecule has 3 nitrogen and oxygen atoms in total. The van der Waals surface area contributed by atoms with Crippen LogP contribution in [-0.2, 0) is 0 Å². The van der Waals surface area contributed by atoms with E-state index in [1.165, 1.54) is 63.2 Å². The number of aromatic nitrogens is 3. The van der Waals surface area contributed by atoms with Crippen molar-refractivity contribution in [3.8, 4) is 16.8 Å². The fraction of sp³-hybridized carbons (Fsp3) is 0. The Morgan fingerprint density at radius 2 is 1.26 bits per heavy atom. The van der Waals surface area contributed by atoms with Crippen LogP contribution in [0, 0.1) is 0 Å². The first kappa shape index (κ1) is 21.4. The molecule has 4 aromatic heterocycles. The topological polar surface area (TPSA) is 30.7 Å². The van der Waals surface area contributed by atoms with Crippen molar-refractivity contribution in [2.45, 2.75) is 0 Å². The highest BCUT2D eigenvalue weighted by Gasteiger charge is 2.24. The highest BCUT2D eigenvalue weighted by atomic mass is 32.1. The SMILES string of the molecule is c1ccc(-c2ccc(-n3c4ccccc4c4c5c6ncncc6sc5c5sc6ccccc6c5c43)cc2)cc1. The summed E-state index contributed by atoms with van der Waals surface area (Å²) in [5.41, 5.74) is 7.10. The Labute approximate surface area is 231 Å². The van der Waals surface area contributed by atoms with Gasteiger partial charge in [0.05, 0.1) is 30.6 Å².